The van der Waals surface area contributed by atoms with Crippen LogP contribution in [0.5, 0.6) is 0 Å². The van der Waals surface area contributed by atoms with Crippen molar-refractivity contribution in [3.63, 3.8) is 0 Å². The van der Waals surface area contributed by atoms with E-state index in [0.717, 1.165) is 61.1 Å². The number of halogens is 1. The summed E-state index contributed by atoms with van der Waals surface area (Å²) in [7, 11) is 0. The monoisotopic (exact) mass is 344 g/mol. The molecule has 1 aromatic heterocycles. The number of ether oxygens (including phenoxy) is 1. The molecule has 2 heterocycles. The molecule has 1 fully saturated rings. The van der Waals surface area contributed by atoms with Gasteiger partial charge in [-0.05, 0) is 55.0 Å². The van der Waals surface area contributed by atoms with Gasteiger partial charge in [0.05, 0.1) is 28.1 Å². The molecule has 20 heavy (non-hydrogen) atoms. The first kappa shape index (κ1) is 16.0. The van der Waals surface area contributed by atoms with Crippen LogP contribution in [-0.4, -0.2) is 33.7 Å². The Balaban J connectivity index is 1.92. The number of aryl methyl sites for hydroxylation is 2. The van der Waals surface area contributed by atoms with Gasteiger partial charge in [0.25, 0.3) is 0 Å². The number of hydrogen-bond acceptors (Lipinski definition) is 3. The molecule has 0 spiro atoms. The molecule has 1 aliphatic rings. The molecule has 0 amide bonds. The largest absolute Gasteiger partial charge is 0.393 e. The molecule has 4 nitrogen and oxygen atoms in total. The second-order valence-corrected chi connectivity index (χ2v) is 6.24. The lowest BCUT2D eigenvalue weighted by Gasteiger charge is -2.14. The van der Waals surface area contributed by atoms with Crippen LogP contribution in [0.2, 0.25) is 0 Å². The normalized spacial score (nSPS) is 20.5. The Morgan fingerprint density at radius 1 is 1.50 bits per heavy atom. The van der Waals surface area contributed by atoms with Gasteiger partial charge in [-0.2, -0.15) is 5.10 Å². The number of aliphatic hydroxyl groups excluding tert-OH is 1. The van der Waals surface area contributed by atoms with E-state index >= 15 is 0 Å². The minimum absolute atomic E-state index is 0.317. The Bertz CT molecular complexity index is 428. The lowest BCUT2D eigenvalue weighted by atomic mass is 10.0. The van der Waals surface area contributed by atoms with E-state index in [1.165, 1.54) is 0 Å². The smallest absolute Gasteiger partial charge is 0.0766 e. The Labute approximate surface area is 129 Å². The van der Waals surface area contributed by atoms with Gasteiger partial charge < -0.3 is 9.84 Å². The van der Waals surface area contributed by atoms with Gasteiger partial charge in [-0.15, -0.1) is 0 Å². The van der Waals surface area contributed by atoms with Crippen LogP contribution in [0.15, 0.2) is 4.47 Å². The van der Waals surface area contributed by atoms with Crippen molar-refractivity contribution in [2.45, 2.75) is 71.1 Å². The van der Waals surface area contributed by atoms with E-state index < -0.39 is 0 Å². The van der Waals surface area contributed by atoms with Crippen LogP contribution >= 0.6 is 15.9 Å². The molecule has 1 aliphatic heterocycles. The minimum Gasteiger partial charge on any atom is -0.393 e. The van der Waals surface area contributed by atoms with Crippen molar-refractivity contribution in [2.75, 3.05) is 6.61 Å². The molecule has 0 radical (unpaired) electrons. The van der Waals surface area contributed by atoms with E-state index in [9.17, 15) is 5.11 Å². The topological polar surface area (TPSA) is 47.3 Å². The zero-order valence-corrected chi connectivity index (χ0v) is 14.0. The summed E-state index contributed by atoms with van der Waals surface area (Å²) in [5.74, 6) is 0. The van der Waals surface area contributed by atoms with Gasteiger partial charge in [0.15, 0.2) is 0 Å². The van der Waals surface area contributed by atoms with Crippen LogP contribution in [0.4, 0.5) is 0 Å². The molecule has 2 atom stereocenters. The molecular formula is C15H25BrN2O2. The highest BCUT2D eigenvalue weighted by Crippen LogP contribution is 2.25. The molecule has 0 bridgehead atoms. The van der Waals surface area contributed by atoms with Crippen molar-refractivity contribution in [3.8, 4) is 0 Å². The van der Waals surface area contributed by atoms with Crippen LogP contribution < -0.4 is 0 Å². The van der Waals surface area contributed by atoms with Gasteiger partial charge in [0.1, 0.15) is 0 Å². The fourth-order valence-corrected chi connectivity index (χ4v) is 3.51. The van der Waals surface area contributed by atoms with Crippen LogP contribution in [-0.2, 0) is 24.1 Å². The quantitative estimate of drug-likeness (QED) is 0.826. The Morgan fingerprint density at radius 3 is 2.90 bits per heavy atom. The molecular weight excluding hydrogens is 320 g/mol. The third-order valence-electron chi connectivity index (χ3n) is 3.97. The molecule has 1 saturated heterocycles. The lowest BCUT2D eigenvalue weighted by Crippen LogP contribution is -2.17. The van der Waals surface area contributed by atoms with Gasteiger partial charge in [0.2, 0.25) is 0 Å². The average molecular weight is 345 g/mol. The summed E-state index contributed by atoms with van der Waals surface area (Å²) in [6, 6.07) is 0. The van der Waals surface area contributed by atoms with E-state index in [1.807, 2.05) is 4.68 Å². The van der Waals surface area contributed by atoms with Gasteiger partial charge in [-0.25, -0.2) is 0 Å². The summed E-state index contributed by atoms with van der Waals surface area (Å²) in [4.78, 5) is 0. The van der Waals surface area contributed by atoms with Crippen LogP contribution in [0.1, 0.15) is 50.9 Å². The number of nitrogens with zero attached hydrogens (tertiary/aromatic N) is 2. The van der Waals surface area contributed by atoms with Crippen LogP contribution in [0.25, 0.3) is 0 Å². The van der Waals surface area contributed by atoms with Gasteiger partial charge in [-0.1, -0.05) is 6.92 Å². The highest BCUT2D eigenvalue weighted by atomic mass is 79.9. The fraction of sp³-hybridized carbons (Fsp3) is 0.800. The summed E-state index contributed by atoms with van der Waals surface area (Å²) >= 11 is 3.63. The van der Waals surface area contributed by atoms with Crippen molar-refractivity contribution >= 4 is 15.9 Å². The summed E-state index contributed by atoms with van der Waals surface area (Å²) in [6.07, 6.45) is 5.67. The average Bonchev–Trinajstić information content (AvgIpc) is 3.06. The molecule has 2 rings (SSSR count). The molecule has 5 heteroatoms. The number of aromatic nitrogens is 2. The van der Waals surface area contributed by atoms with E-state index in [0.29, 0.717) is 12.5 Å². The standard InChI is InChI=1S/C15H25BrN2O2/c1-3-13-15(16)14(18(4-2)17-13)10-11(19)7-8-12-6-5-9-20-12/h11-12,19H,3-10H2,1-2H3. The minimum atomic E-state index is -0.317. The van der Waals surface area contributed by atoms with Gasteiger partial charge in [-0.3, -0.25) is 4.68 Å². The number of rotatable bonds is 7. The first-order valence-corrected chi connectivity index (χ1v) is 8.48. The first-order valence-electron chi connectivity index (χ1n) is 7.69. The predicted octanol–water partition coefficient (Wildman–Crippen LogP) is 3.09. The summed E-state index contributed by atoms with van der Waals surface area (Å²) < 4.78 is 8.67. The van der Waals surface area contributed by atoms with Crippen LogP contribution in [0.3, 0.4) is 0 Å². The van der Waals surface area contributed by atoms with Gasteiger partial charge in [0, 0.05) is 19.6 Å². The summed E-state index contributed by atoms with van der Waals surface area (Å²) in [5.41, 5.74) is 2.19. The van der Waals surface area contributed by atoms with Crippen molar-refractivity contribution in [1.29, 1.82) is 0 Å². The van der Waals surface area contributed by atoms with E-state index in [-0.39, 0.29) is 6.10 Å². The van der Waals surface area contributed by atoms with Crippen molar-refractivity contribution in [2.24, 2.45) is 0 Å². The number of aliphatic hydroxyl groups is 1. The van der Waals surface area contributed by atoms with E-state index in [2.05, 4.69) is 34.9 Å². The maximum Gasteiger partial charge on any atom is 0.0766 e. The SMILES string of the molecule is CCc1nn(CC)c(CC(O)CCC2CCCO2)c1Br. The molecule has 2 unspecified atom stereocenters. The zero-order chi connectivity index (χ0) is 14.5. The molecule has 0 aromatic carbocycles. The molecule has 0 saturated carbocycles. The fourth-order valence-electron chi connectivity index (χ4n) is 2.79. The lowest BCUT2D eigenvalue weighted by molar-refractivity contribution is 0.0807. The summed E-state index contributed by atoms with van der Waals surface area (Å²) in [5, 5.41) is 14.8. The highest BCUT2D eigenvalue weighted by molar-refractivity contribution is 9.10. The third-order valence-corrected chi connectivity index (χ3v) is 4.88. The molecule has 1 N–H and O–H groups in total. The Morgan fingerprint density at radius 2 is 2.30 bits per heavy atom. The third kappa shape index (κ3) is 3.83. The zero-order valence-electron chi connectivity index (χ0n) is 12.4. The maximum absolute atomic E-state index is 10.3. The molecule has 1 aromatic rings. The second-order valence-electron chi connectivity index (χ2n) is 5.45. The van der Waals surface area contributed by atoms with Crippen LogP contribution in [0, 0.1) is 0 Å². The predicted molar refractivity (Wildman–Crippen MR) is 82.9 cm³/mol. The molecule has 0 aliphatic carbocycles. The van der Waals surface area contributed by atoms with Gasteiger partial charge >= 0.3 is 0 Å². The molecule has 114 valence electrons. The highest BCUT2D eigenvalue weighted by Gasteiger charge is 2.20. The Hall–Kier alpha value is -0.390. The second kappa shape index (κ2) is 7.57. The Kier molecular flexibility index (Phi) is 6.05. The van der Waals surface area contributed by atoms with Crippen molar-refractivity contribution in [1.82, 2.24) is 9.78 Å². The first-order chi connectivity index (χ1) is 9.65. The van der Waals surface area contributed by atoms with Crippen molar-refractivity contribution < 1.29 is 9.84 Å². The maximum atomic E-state index is 10.3. The van der Waals surface area contributed by atoms with E-state index in [4.69, 9.17) is 4.74 Å². The number of hydrogen-bond donors (Lipinski definition) is 1. The summed E-state index contributed by atoms with van der Waals surface area (Å²) in [6.45, 7) is 5.91. The van der Waals surface area contributed by atoms with E-state index in [1.54, 1.807) is 0 Å². The van der Waals surface area contributed by atoms with Crippen molar-refractivity contribution in [3.05, 3.63) is 15.9 Å².